The van der Waals surface area contributed by atoms with Gasteiger partial charge in [-0.25, -0.2) is 3.87 Å². The summed E-state index contributed by atoms with van der Waals surface area (Å²) in [6.45, 7) is 4.35. The third-order valence-electron chi connectivity index (χ3n) is 1.13. The van der Waals surface area contributed by atoms with E-state index in [2.05, 4.69) is 25.2 Å². The van der Waals surface area contributed by atoms with Crippen LogP contribution < -0.4 is 0 Å². The summed E-state index contributed by atoms with van der Waals surface area (Å²) in [5.41, 5.74) is 0. The lowest BCUT2D eigenvalue weighted by atomic mass is 10.4. The van der Waals surface area contributed by atoms with E-state index in [9.17, 15) is 0 Å². The Kier molecular flexibility index (Phi) is 3.69. The van der Waals surface area contributed by atoms with Gasteiger partial charge in [0.05, 0.1) is 0 Å². The van der Waals surface area contributed by atoms with E-state index in [-0.39, 0.29) is 0 Å². The molecule has 0 aliphatic carbocycles. The first-order chi connectivity index (χ1) is 5.29. The number of rotatable bonds is 3. The van der Waals surface area contributed by atoms with Crippen molar-refractivity contribution >= 4 is 21.1 Å². The van der Waals surface area contributed by atoms with Crippen molar-refractivity contribution < 1.29 is 3.87 Å². The lowest BCUT2D eigenvalue weighted by molar-refractivity contribution is 0.674. The smallest absolute Gasteiger partial charge is 0.227 e. The minimum absolute atomic E-state index is 0.853. The van der Waals surface area contributed by atoms with Crippen molar-refractivity contribution in [1.82, 2.24) is 0 Å². The van der Waals surface area contributed by atoms with Gasteiger partial charge in [0.1, 0.15) is 0 Å². The number of benzene rings is 1. The van der Waals surface area contributed by atoms with Crippen LogP contribution in [0.25, 0.3) is 0 Å². The van der Waals surface area contributed by atoms with Crippen LogP contribution in [-0.4, -0.2) is 9.04 Å². The molecule has 0 saturated carbocycles. The molecule has 11 heavy (non-hydrogen) atoms. The van der Waals surface area contributed by atoms with Gasteiger partial charge in [0, 0.05) is 0 Å². The number of hydrogen-bond donors (Lipinski definition) is 0. The molecule has 1 aromatic carbocycles. The van der Waals surface area contributed by atoms with Crippen molar-refractivity contribution in [1.29, 1.82) is 0 Å². The summed E-state index contributed by atoms with van der Waals surface area (Å²) in [6.07, 6.45) is 0. The number of thiol groups is 1. The Morgan fingerprint density at radius 1 is 1.18 bits per heavy atom. The van der Waals surface area contributed by atoms with Crippen LogP contribution in [0.2, 0.25) is 13.1 Å². The van der Waals surface area contributed by atoms with Gasteiger partial charge in [-0.15, -0.1) is 0 Å². The van der Waals surface area contributed by atoms with Gasteiger partial charge in [-0.3, -0.25) is 0 Å². The molecule has 0 atom stereocenters. The van der Waals surface area contributed by atoms with Crippen molar-refractivity contribution in [2.75, 3.05) is 0 Å². The summed E-state index contributed by atoms with van der Waals surface area (Å²) in [7, 11) is -0.853. The molecule has 0 saturated heterocycles. The van der Waals surface area contributed by atoms with Gasteiger partial charge >= 0.3 is 0 Å². The van der Waals surface area contributed by atoms with Crippen molar-refractivity contribution in [3.8, 4) is 0 Å². The third-order valence-corrected chi connectivity index (χ3v) is 3.74. The second-order valence-electron chi connectivity index (χ2n) is 2.58. The zero-order valence-electron chi connectivity index (χ0n) is 6.82. The van der Waals surface area contributed by atoms with Gasteiger partial charge in [0.15, 0.2) is 16.9 Å². The van der Waals surface area contributed by atoms with Crippen LogP contribution >= 0.6 is 0 Å². The minimum atomic E-state index is -0.853. The molecular formula is C8H13OSSi+. The highest BCUT2D eigenvalue weighted by atomic mass is 32.2. The average molecular weight is 185 g/mol. The molecule has 0 unspecified atom stereocenters. The van der Waals surface area contributed by atoms with E-state index in [1.54, 1.807) is 0 Å². The maximum Gasteiger partial charge on any atom is 0.247 e. The number of hydrogen-bond acceptors (Lipinski definition) is 1. The second-order valence-corrected chi connectivity index (χ2v) is 6.22. The Hall–Kier alpha value is -0.253. The molecule has 0 amide bonds. The van der Waals surface area contributed by atoms with Crippen LogP contribution in [0.3, 0.4) is 0 Å². The normalized spacial score (nSPS) is 10.5. The Balaban J connectivity index is 2.39. The van der Waals surface area contributed by atoms with Gasteiger partial charge in [0.2, 0.25) is 9.04 Å². The predicted octanol–water partition coefficient (Wildman–Crippen LogP) is 1.78. The molecule has 0 aliphatic rings. The van der Waals surface area contributed by atoms with E-state index in [0.717, 1.165) is 12.0 Å². The minimum Gasteiger partial charge on any atom is -0.227 e. The lowest BCUT2D eigenvalue weighted by Gasteiger charge is -1.94. The van der Waals surface area contributed by atoms with Gasteiger partial charge in [-0.1, -0.05) is 18.2 Å². The molecular weight excluding hydrogens is 172 g/mol. The molecule has 0 aliphatic heterocycles. The highest BCUT2D eigenvalue weighted by Crippen LogP contribution is 2.03. The predicted molar refractivity (Wildman–Crippen MR) is 53.4 cm³/mol. The Bertz CT molecular complexity index is 201. The standard InChI is InChI=1S/C8H12OSSi/c1-11(2)9-10-8-6-4-3-5-7-8/h3-7,11H,1-2H3/p+1. The summed E-state index contributed by atoms with van der Waals surface area (Å²) in [5.74, 6) is 0. The van der Waals surface area contributed by atoms with E-state index in [1.165, 1.54) is 4.90 Å². The van der Waals surface area contributed by atoms with Gasteiger partial charge in [-0.2, -0.15) is 0 Å². The molecule has 60 valence electrons. The molecule has 0 heterocycles. The fourth-order valence-corrected chi connectivity index (χ4v) is 2.28. The summed E-state index contributed by atoms with van der Waals surface area (Å²) in [6, 6.07) is 10.3. The van der Waals surface area contributed by atoms with Crippen LogP contribution in [-0.2, 0) is 15.9 Å². The van der Waals surface area contributed by atoms with Gasteiger partial charge < -0.3 is 0 Å². The summed E-state index contributed by atoms with van der Waals surface area (Å²) >= 11 is 1.02. The van der Waals surface area contributed by atoms with E-state index < -0.39 is 9.04 Å². The van der Waals surface area contributed by atoms with Crippen LogP contribution in [0.15, 0.2) is 35.2 Å². The lowest BCUT2D eigenvalue weighted by Crippen LogP contribution is -2.05. The van der Waals surface area contributed by atoms with Crippen molar-refractivity contribution in [2.45, 2.75) is 18.0 Å². The van der Waals surface area contributed by atoms with E-state index >= 15 is 0 Å². The first kappa shape index (κ1) is 8.84. The monoisotopic (exact) mass is 185 g/mol. The van der Waals surface area contributed by atoms with Crippen LogP contribution in [0.4, 0.5) is 0 Å². The zero-order chi connectivity index (χ0) is 8.10. The van der Waals surface area contributed by atoms with E-state index in [1.807, 2.05) is 18.2 Å². The van der Waals surface area contributed by atoms with Gasteiger partial charge in [-0.05, 0) is 25.2 Å². The topological polar surface area (TPSA) is 9.23 Å². The fourth-order valence-electron chi connectivity index (χ4n) is 0.655. The largest absolute Gasteiger partial charge is 0.247 e. The first-order valence-corrected chi connectivity index (χ1v) is 7.30. The quantitative estimate of drug-likeness (QED) is 0.396. The van der Waals surface area contributed by atoms with Crippen molar-refractivity contribution in [2.24, 2.45) is 0 Å². The highest BCUT2D eigenvalue weighted by Gasteiger charge is 2.05. The molecule has 1 nitrogen and oxygen atoms in total. The summed E-state index contributed by atoms with van der Waals surface area (Å²) in [4.78, 5) is 1.24. The van der Waals surface area contributed by atoms with Gasteiger partial charge in [0.25, 0.3) is 0 Å². The van der Waals surface area contributed by atoms with Crippen LogP contribution in [0.1, 0.15) is 0 Å². The van der Waals surface area contributed by atoms with Crippen LogP contribution in [0.5, 0.6) is 0 Å². The average Bonchev–Trinajstić information content (AvgIpc) is 2.03. The zero-order valence-corrected chi connectivity index (χ0v) is 8.87. The van der Waals surface area contributed by atoms with Crippen molar-refractivity contribution in [3.05, 3.63) is 30.3 Å². The third kappa shape index (κ3) is 3.60. The molecule has 1 aromatic rings. The summed E-state index contributed by atoms with van der Waals surface area (Å²) < 4.78 is 5.54. The molecule has 3 heteroatoms. The molecule has 0 bridgehead atoms. The molecule has 0 N–H and O–H groups in total. The molecule has 0 fully saturated rings. The molecule has 0 radical (unpaired) electrons. The molecule has 0 aromatic heterocycles. The molecule has 1 rings (SSSR count). The maximum atomic E-state index is 5.54. The first-order valence-electron chi connectivity index (χ1n) is 3.71. The van der Waals surface area contributed by atoms with E-state index in [0.29, 0.717) is 0 Å². The highest BCUT2D eigenvalue weighted by molar-refractivity contribution is 7.74. The Morgan fingerprint density at radius 3 is 2.36 bits per heavy atom. The Morgan fingerprint density at radius 2 is 1.82 bits per heavy atom. The SMILES string of the molecule is C[SiH](C)O[SH+]c1ccccc1. The fraction of sp³-hybridized carbons (Fsp3) is 0.250. The molecule has 0 spiro atoms. The van der Waals surface area contributed by atoms with E-state index in [4.69, 9.17) is 3.87 Å². The Labute approximate surface area is 73.7 Å². The second kappa shape index (κ2) is 4.59. The van der Waals surface area contributed by atoms with Crippen LogP contribution in [0, 0.1) is 0 Å². The maximum absolute atomic E-state index is 5.54. The summed E-state index contributed by atoms with van der Waals surface area (Å²) in [5, 5.41) is 0. The van der Waals surface area contributed by atoms with Crippen molar-refractivity contribution in [3.63, 3.8) is 0 Å².